The summed E-state index contributed by atoms with van der Waals surface area (Å²) in [7, 11) is 0. The molecule has 0 heterocycles. The molecule has 0 aliphatic rings. The molecule has 0 unspecified atom stereocenters. The quantitative estimate of drug-likeness (QED) is 0.412. The Hall–Kier alpha value is 0.947. The molecule has 0 aromatic carbocycles. The highest BCUT2D eigenvalue weighted by Crippen LogP contribution is 2.33. The Morgan fingerprint density at radius 2 is 1.80 bits per heavy atom. The summed E-state index contributed by atoms with van der Waals surface area (Å²) in [6, 6.07) is 1.48. The molecule has 0 amide bonds. The zero-order valence-corrected chi connectivity index (χ0v) is 10.7. The lowest BCUT2D eigenvalue weighted by atomic mass is 10.2. The summed E-state index contributed by atoms with van der Waals surface area (Å²) in [5, 5.41) is 0.598. The van der Waals surface area contributed by atoms with E-state index in [4.69, 9.17) is 0 Å². The summed E-state index contributed by atoms with van der Waals surface area (Å²) in [6.07, 6.45) is 2.68. The van der Waals surface area contributed by atoms with Crippen molar-refractivity contribution in [3.8, 4) is 0 Å². The van der Waals surface area contributed by atoms with Gasteiger partial charge in [0.15, 0.2) is 0 Å². The first kappa shape index (κ1) is 10.9. The highest BCUT2D eigenvalue weighted by molar-refractivity contribution is 14.1. The van der Waals surface area contributed by atoms with E-state index in [2.05, 4.69) is 49.5 Å². The maximum absolute atomic E-state index is 2.67. The lowest BCUT2D eigenvalue weighted by molar-refractivity contribution is 0.736. The molecule has 2 heteroatoms. The standard InChI is InChI=1S/C8H18ISi/c1-5-6-7-10(9)8(2,3)4/h5-7H2,1-4H3. The van der Waals surface area contributed by atoms with Gasteiger partial charge in [-0.15, -0.1) is 21.8 Å². The van der Waals surface area contributed by atoms with E-state index in [1.165, 1.54) is 18.9 Å². The maximum Gasteiger partial charge on any atom is 0.135 e. The predicted molar refractivity (Wildman–Crippen MR) is 59.2 cm³/mol. The fourth-order valence-electron chi connectivity index (χ4n) is 0.707. The molecule has 0 saturated heterocycles. The van der Waals surface area contributed by atoms with Crippen LogP contribution in [0, 0.1) is 0 Å². The lowest BCUT2D eigenvalue weighted by Crippen LogP contribution is -2.17. The third kappa shape index (κ3) is 4.72. The van der Waals surface area contributed by atoms with Gasteiger partial charge in [0.1, 0.15) is 6.29 Å². The highest BCUT2D eigenvalue weighted by Gasteiger charge is 2.22. The van der Waals surface area contributed by atoms with E-state index in [1.807, 2.05) is 0 Å². The van der Waals surface area contributed by atoms with Gasteiger partial charge in [0.05, 0.1) is 0 Å². The third-order valence-electron chi connectivity index (χ3n) is 1.56. The molecular formula is C8H18ISi. The third-order valence-corrected chi connectivity index (χ3v) is 10.5. The average molecular weight is 269 g/mol. The Bertz CT molecular complexity index is 85.7. The van der Waals surface area contributed by atoms with Crippen LogP contribution in [-0.2, 0) is 0 Å². The lowest BCUT2D eigenvalue weighted by Gasteiger charge is -2.23. The van der Waals surface area contributed by atoms with Crippen molar-refractivity contribution in [1.29, 1.82) is 0 Å². The van der Waals surface area contributed by atoms with Crippen molar-refractivity contribution in [3.63, 3.8) is 0 Å². The Kier molecular flexibility index (Phi) is 5.20. The van der Waals surface area contributed by atoms with Gasteiger partial charge in [-0.1, -0.05) is 40.5 Å². The van der Waals surface area contributed by atoms with Crippen LogP contribution in [0.1, 0.15) is 40.5 Å². The van der Waals surface area contributed by atoms with Crippen LogP contribution in [0.2, 0.25) is 11.1 Å². The summed E-state index contributed by atoms with van der Waals surface area (Å²) < 4.78 is 0. The van der Waals surface area contributed by atoms with E-state index < -0.39 is 0 Å². The second-order valence-corrected chi connectivity index (χ2v) is 10.5. The van der Waals surface area contributed by atoms with E-state index in [0.717, 1.165) is 0 Å². The Labute approximate surface area is 79.6 Å². The fourth-order valence-corrected chi connectivity index (χ4v) is 3.27. The SMILES string of the molecule is CCCC[Si](I)C(C)(C)C. The highest BCUT2D eigenvalue weighted by atomic mass is 127. The van der Waals surface area contributed by atoms with Gasteiger partial charge in [-0.25, -0.2) is 0 Å². The van der Waals surface area contributed by atoms with Gasteiger partial charge in [-0.05, 0) is 11.1 Å². The van der Waals surface area contributed by atoms with Gasteiger partial charge < -0.3 is 0 Å². The second-order valence-electron chi connectivity index (χ2n) is 3.76. The van der Waals surface area contributed by atoms with Gasteiger partial charge in [-0.2, -0.15) is 0 Å². The smallest absolute Gasteiger partial charge is 0.121 e. The minimum atomic E-state index is -0.0978. The number of unbranched alkanes of at least 4 members (excludes halogenated alkanes) is 1. The van der Waals surface area contributed by atoms with Gasteiger partial charge in [0.2, 0.25) is 0 Å². The van der Waals surface area contributed by atoms with Crippen molar-refractivity contribution in [3.05, 3.63) is 0 Å². The summed E-state index contributed by atoms with van der Waals surface area (Å²) in [5.41, 5.74) is 0. The van der Waals surface area contributed by atoms with Crippen LogP contribution in [0.5, 0.6) is 0 Å². The number of hydrogen-bond acceptors (Lipinski definition) is 0. The Morgan fingerprint density at radius 3 is 2.10 bits per heavy atom. The van der Waals surface area contributed by atoms with E-state index in [0.29, 0.717) is 5.04 Å². The first-order valence-electron chi connectivity index (χ1n) is 4.00. The van der Waals surface area contributed by atoms with Crippen molar-refractivity contribution in [2.24, 2.45) is 0 Å². The van der Waals surface area contributed by atoms with Crippen molar-refractivity contribution >= 4 is 28.1 Å². The summed E-state index contributed by atoms with van der Waals surface area (Å²) in [4.78, 5) is 0. The van der Waals surface area contributed by atoms with Crippen LogP contribution in [0.4, 0.5) is 0 Å². The molecule has 0 bridgehead atoms. The molecule has 0 aliphatic heterocycles. The minimum absolute atomic E-state index is 0.0978. The average Bonchev–Trinajstić information content (AvgIpc) is 1.80. The van der Waals surface area contributed by atoms with Crippen LogP contribution in [0.25, 0.3) is 0 Å². The number of rotatable bonds is 3. The van der Waals surface area contributed by atoms with Crippen LogP contribution in [0.3, 0.4) is 0 Å². The maximum atomic E-state index is 2.67. The summed E-state index contributed by atoms with van der Waals surface area (Å²) in [6.45, 7) is 9.37. The molecule has 0 aromatic rings. The molecule has 0 aliphatic carbocycles. The zero-order chi connectivity index (χ0) is 8.20. The van der Waals surface area contributed by atoms with E-state index >= 15 is 0 Å². The first-order valence-corrected chi connectivity index (χ1v) is 8.82. The number of hydrogen-bond donors (Lipinski definition) is 0. The first-order chi connectivity index (χ1) is 4.48. The van der Waals surface area contributed by atoms with Gasteiger partial charge in [0.25, 0.3) is 0 Å². The molecule has 0 spiro atoms. The molecule has 61 valence electrons. The Balaban J connectivity index is 3.52. The van der Waals surface area contributed by atoms with Crippen LogP contribution in [0.15, 0.2) is 0 Å². The van der Waals surface area contributed by atoms with E-state index in [1.54, 1.807) is 0 Å². The van der Waals surface area contributed by atoms with Gasteiger partial charge >= 0.3 is 0 Å². The summed E-state index contributed by atoms with van der Waals surface area (Å²) in [5.74, 6) is 0. The Morgan fingerprint density at radius 1 is 1.30 bits per heavy atom. The zero-order valence-electron chi connectivity index (χ0n) is 7.50. The normalized spacial score (nSPS) is 12.6. The second kappa shape index (κ2) is 4.75. The van der Waals surface area contributed by atoms with Crippen molar-refractivity contribution in [2.45, 2.75) is 51.6 Å². The molecular weight excluding hydrogens is 251 g/mol. The fraction of sp³-hybridized carbons (Fsp3) is 1.00. The molecule has 0 saturated carbocycles. The van der Waals surface area contributed by atoms with E-state index in [9.17, 15) is 0 Å². The number of halogens is 1. The van der Waals surface area contributed by atoms with Crippen molar-refractivity contribution < 1.29 is 0 Å². The topological polar surface area (TPSA) is 0 Å². The van der Waals surface area contributed by atoms with E-state index in [-0.39, 0.29) is 6.29 Å². The molecule has 1 radical (unpaired) electrons. The molecule has 0 rings (SSSR count). The molecule has 0 N–H and O–H groups in total. The predicted octanol–water partition coefficient (Wildman–Crippen LogP) is 4.01. The van der Waals surface area contributed by atoms with Crippen molar-refractivity contribution in [2.75, 3.05) is 0 Å². The molecule has 10 heavy (non-hydrogen) atoms. The van der Waals surface area contributed by atoms with Crippen LogP contribution < -0.4 is 0 Å². The molecule has 0 aromatic heterocycles. The minimum Gasteiger partial charge on any atom is -0.121 e. The largest absolute Gasteiger partial charge is 0.135 e. The summed E-state index contributed by atoms with van der Waals surface area (Å²) >= 11 is 2.67. The molecule has 0 atom stereocenters. The van der Waals surface area contributed by atoms with Gasteiger partial charge in [-0.3, -0.25) is 0 Å². The van der Waals surface area contributed by atoms with Gasteiger partial charge in [0, 0.05) is 0 Å². The van der Waals surface area contributed by atoms with Crippen LogP contribution >= 0.6 is 21.8 Å². The molecule has 0 fully saturated rings. The van der Waals surface area contributed by atoms with Crippen LogP contribution in [-0.4, -0.2) is 6.29 Å². The molecule has 0 nitrogen and oxygen atoms in total. The van der Waals surface area contributed by atoms with Crippen molar-refractivity contribution in [1.82, 2.24) is 0 Å². The monoisotopic (exact) mass is 269 g/mol.